The number of fused-ring (bicyclic) bond motifs is 3. The average Bonchev–Trinajstić information content (AvgIpc) is 2.72. The molecule has 4 rings (SSSR count). The van der Waals surface area contributed by atoms with E-state index in [9.17, 15) is 0 Å². The number of hydrogen-bond donors (Lipinski definition) is 0. The first-order valence-corrected chi connectivity index (χ1v) is 5.13. The largest absolute Gasteiger partial charge is 0.333 e. The number of rotatable bonds is 1. The molecule has 0 radical (unpaired) electrons. The minimum Gasteiger partial charge on any atom is -0.333 e. The molecule has 1 unspecified atom stereocenters. The minimum atomic E-state index is 0.699. The molecule has 3 saturated heterocycles. The highest BCUT2D eigenvalue weighted by Gasteiger charge is 2.34. The van der Waals surface area contributed by atoms with Gasteiger partial charge in [0.15, 0.2) is 0 Å². The zero-order valence-electron chi connectivity index (χ0n) is 7.76. The van der Waals surface area contributed by atoms with E-state index in [0.717, 1.165) is 5.92 Å². The molecule has 0 aliphatic carbocycles. The van der Waals surface area contributed by atoms with E-state index in [4.69, 9.17) is 0 Å². The molecule has 70 valence electrons. The van der Waals surface area contributed by atoms with Crippen LogP contribution in [0, 0.1) is 5.92 Å². The lowest BCUT2D eigenvalue weighted by atomic mass is 9.84. The van der Waals surface area contributed by atoms with E-state index in [0.29, 0.717) is 6.04 Å². The van der Waals surface area contributed by atoms with Gasteiger partial charge in [-0.3, -0.25) is 0 Å². The van der Waals surface area contributed by atoms with Crippen molar-refractivity contribution in [1.82, 2.24) is 14.5 Å². The monoisotopic (exact) mass is 177 g/mol. The van der Waals surface area contributed by atoms with Crippen LogP contribution in [0.5, 0.6) is 0 Å². The van der Waals surface area contributed by atoms with E-state index >= 15 is 0 Å². The van der Waals surface area contributed by atoms with Gasteiger partial charge in [-0.2, -0.15) is 0 Å². The lowest BCUT2D eigenvalue weighted by Crippen LogP contribution is -2.47. The molecule has 3 aliphatic rings. The normalized spacial score (nSPS) is 38.0. The molecular formula is C10H15N3. The van der Waals surface area contributed by atoms with Gasteiger partial charge in [0.25, 0.3) is 0 Å². The van der Waals surface area contributed by atoms with Crippen LogP contribution in [0.25, 0.3) is 0 Å². The van der Waals surface area contributed by atoms with Gasteiger partial charge in [-0.05, 0) is 31.8 Å². The summed E-state index contributed by atoms with van der Waals surface area (Å²) in [5.41, 5.74) is 0. The average molecular weight is 177 g/mol. The van der Waals surface area contributed by atoms with Crippen molar-refractivity contribution in [2.45, 2.75) is 18.9 Å². The van der Waals surface area contributed by atoms with Gasteiger partial charge in [0.05, 0.1) is 12.4 Å². The SMILES string of the molecule is c1cn(C2CN3CCC2CC3)cn1. The highest BCUT2D eigenvalue weighted by atomic mass is 15.2. The fraction of sp³-hybridized carbons (Fsp3) is 0.700. The molecular weight excluding hydrogens is 162 g/mol. The summed E-state index contributed by atoms with van der Waals surface area (Å²) in [4.78, 5) is 6.70. The van der Waals surface area contributed by atoms with Gasteiger partial charge in [0.2, 0.25) is 0 Å². The number of nitrogens with zero attached hydrogens (tertiary/aromatic N) is 3. The standard InChI is InChI=1S/C10H15N3/c1-4-12-5-2-9(1)10(7-12)13-6-3-11-8-13/h3,6,8-10H,1-2,4-5,7H2. The Morgan fingerprint density at radius 1 is 1.23 bits per heavy atom. The fourth-order valence-corrected chi connectivity index (χ4v) is 2.74. The molecule has 13 heavy (non-hydrogen) atoms. The van der Waals surface area contributed by atoms with Gasteiger partial charge in [0, 0.05) is 18.9 Å². The van der Waals surface area contributed by atoms with Crippen molar-refractivity contribution in [3.8, 4) is 0 Å². The first-order valence-electron chi connectivity index (χ1n) is 5.13. The minimum absolute atomic E-state index is 0.699. The summed E-state index contributed by atoms with van der Waals surface area (Å²) in [5, 5.41) is 0. The summed E-state index contributed by atoms with van der Waals surface area (Å²) in [5.74, 6) is 0.902. The second-order valence-electron chi connectivity index (χ2n) is 4.22. The van der Waals surface area contributed by atoms with E-state index in [1.165, 1.54) is 32.5 Å². The van der Waals surface area contributed by atoms with E-state index in [-0.39, 0.29) is 0 Å². The van der Waals surface area contributed by atoms with Crippen molar-refractivity contribution in [1.29, 1.82) is 0 Å². The van der Waals surface area contributed by atoms with Crippen LogP contribution >= 0.6 is 0 Å². The Kier molecular flexibility index (Phi) is 1.65. The molecule has 0 N–H and O–H groups in total. The predicted molar refractivity (Wildman–Crippen MR) is 50.4 cm³/mol. The highest BCUT2D eigenvalue weighted by Crippen LogP contribution is 2.35. The first kappa shape index (κ1) is 7.56. The predicted octanol–water partition coefficient (Wildman–Crippen LogP) is 1.15. The Bertz CT molecular complexity index is 272. The molecule has 0 saturated carbocycles. The van der Waals surface area contributed by atoms with Gasteiger partial charge in [0.1, 0.15) is 0 Å². The van der Waals surface area contributed by atoms with Gasteiger partial charge in [-0.1, -0.05) is 0 Å². The summed E-state index contributed by atoms with van der Waals surface area (Å²) in [7, 11) is 0. The Labute approximate surface area is 78.4 Å². The number of imidazole rings is 1. The number of piperidine rings is 3. The van der Waals surface area contributed by atoms with Crippen LogP contribution in [-0.4, -0.2) is 34.1 Å². The van der Waals surface area contributed by atoms with Crippen LogP contribution in [0.15, 0.2) is 18.7 Å². The summed E-state index contributed by atoms with van der Waals surface area (Å²) in [6.45, 7) is 3.87. The van der Waals surface area contributed by atoms with Crippen molar-refractivity contribution >= 4 is 0 Å². The quantitative estimate of drug-likeness (QED) is 0.641. The van der Waals surface area contributed by atoms with Crippen molar-refractivity contribution in [2.75, 3.05) is 19.6 Å². The van der Waals surface area contributed by atoms with E-state index in [2.05, 4.69) is 20.6 Å². The third-order valence-electron chi connectivity index (χ3n) is 3.53. The van der Waals surface area contributed by atoms with E-state index in [1.807, 2.05) is 12.5 Å². The van der Waals surface area contributed by atoms with Gasteiger partial charge < -0.3 is 9.47 Å². The maximum atomic E-state index is 4.13. The molecule has 2 bridgehead atoms. The summed E-state index contributed by atoms with van der Waals surface area (Å²) < 4.78 is 2.29. The van der Waals surface area contributed by atoms with Crippen LogP contribution in [0.1, 0.15) is 18.9 Å². The van der Waals surface area contributed by atoms with Crippen LogP contribution in [0.4, 0.5) is 0 Å². The fourth-order valence-electron chi connectivity index (χ4n) is 2.74. The maximum Gasteiger partial charge on any atom is 0.0949 e. The van der Waals surface area contributed by atoms with E-state index < -0.39 is 0 Å². The smallest absolute Gasteiger partial charge is 0.0949 e. The molecule has 1 aromatic rings. The molecule has 4 heterocycles. The molecule has 0 amide bonds. The second-order valence-corrected chi connectivity index (χ2v) is 4.22. The molecule has 1 aromatic heterocycles. The lowest BCUT2D eigenvalue weighted by molar-refractivity contribution is 0.0570. The van der Waals surface area contributed by atoms with Crippen molar-refractivity contribution in [3.05, 3.63) is 18.7 Å². The molecule has 0 aromatic carbocycles. The summed E-state index contributed by atoms with van der Waals surface area (Å²) in [6.07, 6.45) is 8.71. The molecule has 3 fully saturated rings. The van der Waals surface area contributed by atoms with Crippen molar-refractivity contribution in [2.24, 2.45) is 5.92 Å². The summed E-state index contributed by atoms with van der Waals surface area (Å²) >= 11 is 0. The molecule has 3 aliphatic heterocycles. The van der Waals surface area contributed by atoms with Crippen LogP contribution in [0.3, 0.4) is 0 Å². The topological polar surface area (TPSA) is 21.1 Å². The third kappa shape index (κ3) is 1.18. The highest BCUT2D eigenvalue weighted by molar-refractivity contribution is 4.93. The Hall–Kier alpha value is -0.830. The van der Waals surface area contributed by atoms with Crippen molar-refractivity contribution in [3.63, 3.8) is 0 Å². The summed E-state index contributed by atoms with van der Waals surface area (Å²) in [6, 6.07) is 0.699. The van der Waals surface area contributed by atoms with Gasteiger partial charge >= 0.3 is 0 Å². The Morgan fingerprint density at radius 2 is 2.08 bits per heavy atom. The molecule has 3 nitrogen and oxygen atoms in total. The Morgan fingerprint density at radius 3 is 2.62 bits per heavy atom. The number of aromatic nitrogens is 2. The van der Waals surface area contributed by atoms with Crippen LogP contribution < -0.4 is 0 Å². The maximum absolute atomic E-state index is 4.13. The third-order valence-corrected chi connectivity index (χ3v) is 3.53. The van der Waals surface area contributed by atoms with E-state index in [1.54, 1.807) is 0 Å². The molecule has 0 spiro atoms. The first-order chi connectivity index (χ1) is 6.43. The molecule has 3 heteroatoms. The zero-order valence-corrected chi connectivity index (χ0v) is 7.76. The Balaban J connectivity index is 1.85. The van der Waals surface area contributed by atoms with Crippen molar-refractivity contribution < 1.29 is 0 Å². The number of hydrogen-bond acceptors (Lipinski definition) is 2. The zero-order chi connectivity index (χ0) is 8.67. The molecule has 1 atom stereocenters. The lowest BCUT2D eigenvalue weighted by Gasteiger charge is -2.45. The van der Waals surface area contributed by atoms with Crippen LogP contribution in [-0.2, 0) is 0 Å². The van der Waals surface area contributed by atoms with Gasteiger partial charge in [-0.25, -0.2) is 4.98 Å². The van der Waals surface area contributed by atoms with Gasteiger partial charge in [-0.15, -0.1) is 0 Å². The van der Waals surface area contributed by atoms with Crippen LogP contribution in [0.2, 0.25) is 0 Å². The second kappa shape index (κ2) is 2.84.